The van der Waals surface area contributed by atoms with Crippen LogP contribution in [0.25, 0.3) is 0 Å². The molecule has 6 heteroatoms. The third kappa shape index (κ3) is 3.75. The van der Waals surface area contributed by atoms with Crippen molar-refractivity contribution in [1.82, 2.24) is 20.2 Å². The highest BCUT2D eigenvalue weighted by molar-refractivity contribution is 6.29. The molecule has 0 aliphatic rings. The fraction of sp³-hybridized carbons (Fsp3) is 0.500. The minimum Gasteiger partial charge on any atom is -0.340 e. The molecule has 0 spiro atoms. The van der Waals surface area contributed by atoms with Crippen molar-refractivity contribution in [3.63, 3.8) is 0 Å². The number of carbonyl (C=O) groups excluding carboxylic acids is 1. The van der Waals surface area contributed by atoms with Gasteiger partial charge in [-0.3, -0.25) is 9.78 Å². The molecule has 0 fully saturated rings. The summed E-state index contributed by atoms with van der Waals surface area (Å²) in [6.45, 7) is 1.55. The first-order valence-electron chi connectivity index (χ1n) is 5.02. The number of carbonyl (C=O) groups is 1. The Labute approximate surface area is 99.8 Å². The first kappa shape index (κ1) is 12.9. The zero-order chi connectivity index (χ0) is 12.0. The molecular formula is C10H15ClN4O. The highest BCUT2D eigenvalue weighted by atomic mass is 35.5. The summed E-state index contributed by atoms with van der Waals surface area (Å²) in [6, 6.07) is 0. The lowest BCUT2D eigenvalue weighted by atomic mass is 10.3. The van der Waals surface area contributed by atoms with Gasteiger partial charge in [0.05, 0.1) is 12.4 Å². The van der Waals surface area contributed by atoms with E-state index in [0.29, 0.717) is 6.54 Å². The summed E-state index contributed by atoms with van der Waals surface area (Å²) in [5.41, 5.74) is 0.277. The van der Waals surface area contributed by atoms with E-state index in [4.69, 9.17) is 11.6 Å². The molecule has 0 aromatic carbocycles. The molecule has 1 heterocycles. The van der Waals surface area contributed by atoms with E-state index in [1.165, 1.54) is 12.4 Å². The zero-order valence-corrected chi connectivity index (χ0v) is 10.2. The molecule has 1 amide bonds. The Hall–Kier alpha value is -1.20. The van der Waals surface area contributed by atoms with Crippen molar-refractivity contribution < 1.29 is 4.79 Å². The fourth-order valence-electron chi connectivity index (χ4n) is 1.24. The Morgan fingerprint density at radius 1 is 1.56 bits per heavy atom. The lowest BCUT2D eigenvalue weighted by Gasteiger charge is -2.16. The molecule has 0 radical (unpaired) electrons. The summed E-state index contributed by atoms with van der Waals surface area (Å²) >= 11 is 5.67. The minimum atomic E-state index is -0.161. The number of hydrogen-bond donors (Lipinski definition) is 1. The van der Waals surface area contributed by atoms with Gasteiger partial charge in [-0.25, -0.2) is 4.98 Å². The molecule has 5 nitrogen and oxygen atoms in total. The summed E-state index contributed by atoms with van der Waals surface area (Å²) in [4.78, 5) is 21.2. The number of halogens is 1. The predicted octanol–water partition coefficient (Wildman–Crippen LogP) is 0.811. The highest BCUT2D eigenvalue weighted by Gasteiger charge is 2.13. The van der Waals surface area contributed by atoms with Crippen molar-refractivity contribution in [2.75, 3.05) is 27.2 Å². The fourth-order valence-corrected chi connectivity index (χ4v) is 1.38. The Bertz CT molecular complexity index is 358. The van der Waals surface area contributed by atoms with E-state index in [0.717, 1.165) is 13.0 Å². The second kappa shape index (κ2) is 6.40. The maximum atomic E-state index is 11.8. The molecule has 0 saturated heterocycles. The van der Waals surface area contributed by atoms with E-state index in [1.54, 1.807) is 11.9 Å². The maximum absolute atomic E-state index is 11.8. The number of rotatable bonds is 5. The van der Waals surface area contributed by atoms with Gasteiger partial charge in [0.25, 0.3) is 5.91 Å². The topological polar surface area (TPSA) is 58.1 Å². The van der Waals surface area contributed by atoms with Gasteiger partial charge in [-0.05, 0) is 20.0 Å². The molecule has 1 N–H and O–H groups in total. The average molecular weight is 243 g/mol. The van der Waals surface area contributed by atoms with Gasteiger partial charge in [0.1, 0.15) is 10.8 Å². The Morgan fingerprint density at radius 3 is 2.94 bits per heavy atom. The standard InChI is InChI=1S/C10H15ClN4O/c1-12-4-3-5-15(2)10(16)8-6-13-7-9(11)14-8/h6-7,12H,3-5H2,1-2H3. The first-order chi connectivity index (χ1) is 7.65. The van der Waals surface area contributed by atoms with Crippen molar-refractivity contribution in [3.8, 4) is 0 Å². The summed E-state index contributed by atoms with van der Waals surface area (Å²) in [5.74, 6) is -0.161. The van der Waals surface area contributed by atoms with E-state index in [2.05, 4.69) is 15.3 Å². The number of nitrogens with one attached hydrogen (secondary N) is 1. The Balaban J connectivity index is 2.56. The molecule has 0 unspecified atom stereocenters. The van der Waals surface area contributed by atoms with Crippen LogP contribution in [0.5, 0.6) is 0 Å². The monoisotopic (exact) mass is 242 g/mol. The molecular weight excluding hydrogens is 228 g/mol. The van der Waals surface area contributed by atoms with Crippen LogP contribution in [0.4, 0.5) is 0 Å². The minimum absolute atomic E-state index is 0.161. The molecule has 0 atom stereocenters. The largest absolute Gasteiger partial charge is 0.340 e. The molecule has 1 aromatic heterocycles. The van der Waals surface area contributed by atoms with Crippen LogP contribution in [-0.2, 0) is 0 Å². The lowest BCUT2D eigenvalue weighted by molar-refractivity contribution is 0.0787. The quantitative estimate of drug-likeness (QED) is 0.777. The van der Waals surface area contributed by atoms with Crippen LogP contribution in [-0.4, -0.2) is 48.0 Å². The second-order valence-electron chi connectivity index (χ2n) is 3.41. The Morgan fingerprint density at radius 2 is 2.31 bits per heavy atom. The van der Waals surface area contributed by atoms with Crippen molar-refractivity contribution >= 4 is 17.5 Å². The molecule has 0 aliphatic heterocycles. The van der Waals surface area contributed by atoms with E-state index in [9.17, 15) is 4.79 Å². The van der Waals surface area contributed by atoms with E-state index in [1.807, 2.05) is 7.05 Å². The van der Waals surface area contributed by atoms with Gasteiger partial charge >= 0.3 is 0 Å². The van der Waals surface area contributed by atoms with Crippen LogP contribution < -0.4 is 5.32 Å². The van der Waals surface area contributed by atoms with Crippen molar-refractivity contribution in [3.05, 3.63) is 23.2 Å². The summed E-state index contributed by atoms with van der Waals surface area (Å²) in [6.07, 6.45) is 3.72. The maximum Gasteiger partial charge on any atom is 0.273 e. The molecule has 0 aliphatic carbocycles. The van der Waals surface area contributed by atoms with Gasteiger partial charge in [-0.2, -0.15) is 0 Å². The summed E-state index contributed by atoms with van der Waals surface area (Å²) in [7, 11) is 3.62. The SMILES string of the molecule is CNCCCN(C)C(=O)c1cncc(Cl)n1. The molecule has 1 aromatic rings. The van der Waals surface area contributed by atoms with Crippen molar-refractivity contribution in [2.24, 2.45) is 0 Å². The number of nitrogens with zero attached hydrogens (tertiary/aromatic N) is 3. The smallest absolute Gasteiger partial charge is 0.273 e. The third-order valence-electron chi connectivity index (χ3n) is 2.09. The highest BCUT2D eigenvalue weighted by Crippen LogP contribution is 2.05. The number of amides is 1. The van der Waals surface area contributed by atoms with Crippen LogP contribution >= 0.6 is 11.6 Å². The van der Waals surface area contributed by atoms with E-state index >= 15 is 0 Å². The molecule has 16 heavy (non-hydrogen) atoms. The van der Waals surface area contributed by atoms with Gasteiger partial charge in [-0.1, -0.05) is 11.6 Å². The zero-order valence-electron chi connectivity index (χ0n) is 9.40. The first-order valence-corrected chi connectivity index (χ1v) is 5.40. The number of aromatic nitrogens is 2. The van der Waals surface area contributed by atoms with Gasteiger partial charge < -0.3 is 10.2 Å². The number of hydrogen-bond acceptors (Lipinski definition) is 4. The summed E-state index contributed by atoms with van der Waals surface area (Å²) in [5, 5.41) is 3.25. The molecule has 1 rings (SSSR count). The molecule has 88 valence electrons. The van der Waals surface area contributed by atoms with E-state index < -0.39 is 0 Å². The van der Waals surface area contributed by atoms with Crippen LogP contribution in [0.3, 0.4) is 0 Å². The summed E-state index contributed by atoms with van der Waals surface area (Å²) < 4.78 is 0. The predicted molar refractivity (Wildman–Crippen MR) is 62.5 cm³/mol. The lowest BCUT2D eigenvalue weighted by Crippen LogP contribution is -2.30. The van der Waals surface area contributed by atoms with Crippen LogP contribution in [0, 0.1) is 0 Å². The van der Waals surface area contributed by atoms with Crippen molar-refractivity contribution in [2.45, 2.75) is 6.42 Å². The van der Waals surface area contributed by atoms with Gasteiger partial charge in [0, 0.05) is 13.6 Å². The average Bonchev–Trinajstić information content (AvgIpc) is 2.28. The van der Waals surface area contributed by atoms with Crippen molar-refractivity contribution in [1.29, 1.82) is 0 Å². The van der Waals surface area contributed by atoms with Gasteiger partial charge in [-0.15, -0.1) is 0 Å². The van der Waals surface area contributed by atoms with Gasteiger partial charge in [0.15, 0.2) is 0 Å². The van der Waals surface area contributed by atoms with Crippen LogP contribution in [0.15, 0.2) is 12.4 Å². The molecule has 0 bridgehead atoms. The normalized spacial score (nSPS) is 10.2. The second-order valence-corrected chi connectivity index (χ2v) is 3.80. The van der Waals surface area contributed by atoms with E-state index in [-0.39, 0.29) is 16.8 Å². The molecule has 0 saturated carbocycles. The van der Waals surface area contributed by atoms with Crippen LogP contribution in [0.1, 0.15) is 16.9 Å². The van der Waals surface area contributed by atoms with Crippen LogP contribution in [0.2, 0.25) is 5.15 Å². The Kier molecular flexibility index (Phi) is 5.14. The third-order valence-corrected chi connectivity index (χ3v) is 2.27. The van der Waals surface area contributed by atoms with Gasteiger partial charge in [0.2, 0.25) is 0 Å².